The fourth-order valence-electron chi connectivity index (χ4n) is 1.68. The van der Waals surface area contributed by atoms with Crippen molar-refractivity contribution in [3.63, 3.8) is 0 Å². The number of halogens is 1. The Kier molecular flexibility index (Phi) is 3.98. The second-order valence-corrected chi connectivity index (χ2v) is 4.83. The Morgan fingerprint density at radius 3 is 2.76 bits per heavy atom. The monoisotopic (exact) mass is 287 g/mol. The zero-order valence-electron chi connectivity index (χ0n) is 11.9. The molecule has 1 aromatic carbocycles. The second-order valence-electron chi connectivity index (χ2n) is 4.83. The Labute approximate surface area is 121 Å². The molecule has 1 N–H and O–H groups in total. The lowest BCUT2D eigenvalue weighted by Crippen LogP contribution is -2.15. The van der Waals surface area contributed by atoms with Gasteiger partial charge in [-0.2, -0.15) is 15.3 Å². The summed E-state index contributed by atoms with van der Waals surface area (Å²) in [6.45, 7) is 3.89. The van der Waals surface area contributed by atoms with Gasteiger partial charge in [-0.3, -0.25) is 10.1 Å². The molecule has 108 valence electrons. The van der Waals surface area contributed by atoms with E-state index < -0.39 is 11.7 Å². The van der Waals surface area contributed by atoms with E-state index in [1.165, 1.54) is 16.8 Å². The van der Waals surface area contributed by atoms with E-state index in [0.717, 1.165) is 6.07 Å². The maximum absolute atomic E-state index is 13.2. The first kappa shape index (κ1) is 14.7. The van der Waals surface area contributed by atoms with Crippen molar-refractivity contribution in [1.82, 2.24) is 14.8 Å². The zero-order chi connectivity index (χ0) is 15.6. The first-order chi connectivity index (χ1) is 9.92. The molecule has 2 rings (SSSR count). The molecule has 0 aliphatic carbocycles. The minimum atomic E-state index is -0.658. The minimum Gasteiger partial charge on any atom is -0.291 e. The van der Waals surface area contributed by atoms with Crippen LogP contribution in [0.2, 0.25) is 0 Å². The summed E-state index contributed by atoms with van der Waals surface area (Å²) < 4.78 is 14.7. The number of aromatic nitrogens is 3. The molecule has 0 aliphatic heterocycles. The number of amides is 1. The fraction of sp³-hybridized carbons (Fsp3) is 0.286. The molecule has 7 heteroatoms. The van der Waals surface area contributed by atoms with Gasteiger partial charge in [0.25, 0.3) is 5.91 Å². The Morgan fingerprint density at radius 1 is 1.48 bits per heavy atom. The van der Waals surface area contributed by atoms with E-state index in [1.807, 2.05) is 13.8 Å². The van der Waals surface area contributed by atoms with E-state index >= 15 is 0 Å². The number of nitriles is 1. The van der Waals surface area contributed by atoms with Crippen molar-refractivity contribution in [1.29, 1.82) is 5.26 Å². The Bertz CT molecular complexity index is 729. The fourth-order valence-corrected chi connectivity index (χ4v) is 1.68. The van der Waals surface area contributed by atoms with E-state index in [-0.39, 0.29) is 17.0 Å². The maximum Gasteiger partial charge on any atom is 0.258 e. The highest BCUT2D eigenvalue weighted by atomic mass is 19.1. The van der Waals surface area contributed by atoms with Crippen LogP contribution < -0.4 is 5.32 Å². The third-order valence-electron chi connectivity index (χ3n) is 2.87. The van der Waals surface area contributed by atoms with Crippen molar-refractivity contribution in [3.8, 4) is 6.07 Å². The van der Waals surface area contributed by atoms with Crippen molar-refractivity contribution >= 4 is 11.9 Å². The van der Waals surface area contributed by atoms with E-state index in [4.69, 9.17) is 5.26 Å². The van der Waals surface area contributed by atoms with Gasteiger partial charge in [-0.25, -0.2) is 9.07 Å². The van der Waals surface area contributed by atoms with Crippen LogP contribution >= 0.6 is 0 Å². The van der Waals surface area contributed by atoms with Gasteiger partial charge in [0.2, 0.25) is 5.95 Å². The predicted octanol–water partition coefficient (Wildman–Crippen LogP) is 2.20. The van der Waals surface area contributed by atoms with Crippen LogP contribution in [-0.2, 0) is 7.05 Å². The molecule has 0 radical (unpaired) electrons. The third-order valence-corrected chi connectivity index (χ3v) is 2.87. The number of hydrogen-bond donors (Lipinski definition) is 1. The number of rotatable bonds is 3. The van der Waals surface area contributed by atoms with Crippen LogP contribution in [-0.4, -0.2) is 20.7 Å². The summed E-state index contributed by atoms with van der Waals surface area (Å²) in [4.78, 5) is 16.3. The molecule has 1 aromatic heterocycles. The predicted molar refractivity (Wildman–Crippen MR) is 74.2 cm³/mol. The van der Waals surface area contributed by atoms with Crippen LogP contribution in [0.5, 0.6) is 0 Å². The molecule has 1 heterocycles. The highest BCUT2D eigenvalue weighted by molar-refractivity contribution is 6.03. The van der Waals surface area contributed by atoms with Gasteiger partial charge >= 0.3 is 0 Å². The summed E-state index contributed by atoms with van der Waals surface area (Å²) in [7, 11) is 1.67. The summed E-state index contributed by atoms with van der Waals surface area (Å²) in [5.74, 6) is -0.0823. The number of nitrogens with one attached hydrogen (secondary N) is 1. The topological polar surface area (TPSA) is 83.6 Å². The molecule has 0 saturated heterocycles. The third kappa shape index (κ3) is 3.05. The normalized spacial score (nSPS) is 10.5. The molecular weight excluding hydrogens is 273 g/mol. The van der Waals surface area contributed by atoms with Crippen LogP contribution in [0.15, 0.2) is 18.2 Å². The van der Waals surface area contributed by atoms with Crippen LogP contribution in [0.1, 0.15) is 41.5 Å². The van der Waals surface area contributed by atoms with Gasteiger partial charge in [0, 0.05) is 18.5 Å². The molecule has 0 bridgehead atoms. The number of aryl methyl sites for hydroxylation is 1. The van der Waals surface area contributed by atoms with Crippen molar-refractivity contribution < 1.29 is 9.18 Å². The number of hydrogen-bond acceptors (Lipinski definition) is 4. The lowest BCUT2D eigenvalue weighted by atomic mass is 10.1. The van der Waals surface area contributed by atoms with E-state index in [1.54, 1.807) is 13.1 Å². The number of benzene rings is 1. The summed E-state index contributed by atoms with van der Waals surface area (Å²) in [5.41, 5.74) is 0.00512. The summed E-state index contributed by atoms with van der Waals surface area (Å²) in [5, 5.41) is 15.5. The lowest BCUT2D eigenvalue weighted by Gasteiger charge is -2.04. The first-order valence-electron chi connectivity index (χ1n) is 6.34. The summed E-state index contributed by atoms with van der Waals surface area (Å²) in [6, 6.07) is 5.29. The molecule has 0 spiro atoms. The van der Waals surface area contributed by atoms with Crippen LogP contribution in [0.25, 0.3) is 0 Å². The van der Waals surface area contributed by atoms with Gasteiger partial charge in [-0.1, -0.05) is 13.8 Å². The maximum atomic E-state index is 13.2. The summed E-state index contributed by atoms with van der Waals surface area (Å²) in [6.07, 6.45) is 0. The molecular formula is C14H14FN5O. The summed E-state index contributed by atoms with van der Waals surface area (Å²) >= 11 is 0. The quantitative estimate of drug-likeness (QED) is 0.938. The molecule has 0 atom stereocenters. The van der Waals surface area contributed by atoms with Crippen molar-refractivity contribution in [3.05, 3.63) is 41.0 Å². The first-order valence-corrected chi connectivity index (χ1v) is 6.34. The van der Waals surface area contributed by atoms with E-state index in [2.05, 4.69) is 15.4 Å². The Hall–Kier alpha value is -2.75. The number of nitrogens with zero attached hydrogens (tertiary/aromatic N) is 4. The molecule has 1 amide bonds. The van der Waals surface area contributed by atoms with Gasteiger partial charge in [0.05, 0.1) is 5.56 Å². The lowest BCUT2D eigenvalue weighted by molar-refractivity contribution is 0.102. The molecule has 0 aliphatic rings. The van der Waals surface area contributed by atoms with Crippen LogP contribution in [0, 0.1) is 17.1 Å². The number of carbonyl (C=O) groups is 1. The smallest absolute Gasteiger partial charge is 0.258 e. The molecule has 0 fully saturated rings. The average Bonchev–Trinajstić information content (AvgIpc) is 2.81. The highest BCUT2D eigenvalue weighted by Crippen LogP contribution is 2.14. The minimum absolute atomic E-state index is 0.137. The van der Waals surface area contributed by atoms with E-state index in [9.17, 15) is 9.18 Å². The average molecular weight is 287 g/mol. The largest absolute Gasteiger partial charge is 0.291 e. The molecule has 0 unspecified atom stereocenters. The van der Waals surface area contributed by atoms with E-state index in [0.29, 0.717) is 11.8 Å². The molecule has 21 heavy (non-hydrogen) atoms. The Morgan fingerprint density at radius 2 is 2.19 bits per heavy atom. The standard InChI is InChI=1S/C14H14FN5O/c1-8(2)12-17-14(20(3)19-12)18-13(21)9-4-5-11(15)10(6-9)7-16/h4-6,8H,1-3H3,(H,17,18,19,21). The van der Waals surface area contributed by atoms with Crippen LogP contribution in [0.4, 0.5) is 10.3 Å². The van der Waals surface area contributed by atoms with Gasteiger partial charge in [-0.05, 0) is 18.2 Å². The zero-order valence-corrected chi connectivity index (χ0v) is 11.9. The Balaban J connectivity index is 2.24. The van der Waals surface area contributed by atoms with Crippen molar-refractivity contribution in [2.45, 2.75) is 19.8 Å². The van der Waals surface area contributed by atoms with Gasteiger partial charge < -0.3 is 0 Å². The number of carbonyl (C=O) groups excluding carboxylic acids is 1. The van der Waals surface area contributed by atoms with Gasteiger partial charge in [0.15, 0.2) is 5.82 Å². The second kappa shape index (κ2) is 5.71. The number of anilines is 1. The SMILES string of the molecule is CC(C)c1nc(NC(=O)c2ccc(F)c(C#N)c2)n(C)n1. The van der Waals surface area contributed by atoms with Gasteiger partial charge in [0.1, 0.15) is 11.9 Å². The molecule has 2 aromatic rings. The van der Waals surface area contributed by atoms with Crippen molar-refractivity contribution in [2.24, 2.45) is 7.05 Å². The molecule has 0 saturated carbocycles. The van der Waals surface area contributed by atoms with Gasteiger partial charge in [-0.15, -0.1) is 0 Å². The molecule has 6 nitrogen and oxygen atoms in total. The highest BCUT2D eigenvalue weighted by Gasteiger charge is 2.15. The van der Waals surface area contributed by atoms with Crippen LogP contribution in [0.3, 0.4) is 0 Å². The van der Waals surface area contributed by atoms with Crippen molar-refractivity contribution in [2.75, 3.05) is 5.32 Å².